The fourth-order valence-corrected chi connectivity index (χ4v) is 5.80. The number of carbonyl (C=O) groups excluding carboxylic acids is 1. The van der Waals surface area contributed by atoms with Crippen LogP contribution in [0, 0.1) is 22.7 Å². The third kappa shape index (κ3) is 2.52. The number of ether oxygens (including phenoxy) is 1. The largest absolute Gasteiger partial charge is 0.486 e. The second-order valence-electron chi connectivity index (χ2n) is 7.99. The quantitative estimate of drug-likeness (QED) is 0.874. The molecule has 24 heavy (non-hydrogen) atoms. The fourth-order valence-electron chi connectivity index (χ4n) is 5.67. The van der Waals surface area contributed by atoms with Crippen LogP contribution in [0.3, 0.4) is 0 Å². The van der Waals surface area contributed by atoms with E-state index in [0.717, 1.165) is 32.1 Å². The molecule has 4 saturated carbocycles. The second-order valence-corrected chi connectivity index (χ2v) is 8.43. The van der Waals surface area contributed by atoms with E-state index < -0.39 is 16.8 Å². The molecule has 0 saturated heterocycles. The van der Waals surface area contributed by atoms with Crippen LogP contribution >= 0.6 is 11.6 Å². The van der Waals surface area contributed by atoms with Crippen molar-refractivity contribution >= 4 is 23.4 Å². The first-order valence-corrected chi connectivity index (χ1v) is 8.94. The second kappa shape index (κ2) is 5.48. The van der Waals surface area contributed by atoms with E-state index in [2.05, 4.69) is 0 Å². The van der Waals surface area contributed by atoms with Crippen molar-refractivity contribution in [1.29, 1.82) is 0 Å². The number of hydrogen-bond acceptors (Lipinski definition) is 3. The first-order valence-electron chi connectivity index (χ1n) is 8.56. The van der Waals surface area contributed by atoms with Crippen LogP contribution < -0.4 is 4.74 Å². The molecule has 4 nitrogen and oxygen atoms in total. The van der Waals surface area contributed by atoms with Crippen LogP contribution in [0.2, 0.25) is 5.02 Å². The van der Waals surface area contributed by atoms with Crippen molar-refractivity contribution in [2.75, 3.05) is 6.61 Å². The Hall–Kier alpha value is -1.55. The third-order valence-corrected chi connectivity index (χ3v) is 6.54. The SMILES string of the molecule is O=C(O)C12CC3CC(C1)CC(C(=O)COc1ccc(Cl)cc1)(C3)C2. The van der Waals surface area contributed by atoms with Gasteiger partial charge in [0, 0.05) is 10.4 Å². The number of aliphatic carboxylic acids is 1. The molecule has 4 aliphatic rings. The third-order valence-electron chi connectivity index (χ3n) is 6.29. The van der Waals surface area contributed by atoms with Gasteiger partial charge in [0.15, 0.2) is 5.78 Å². The van der Waals surface area contributed by atoms with Gasteiger partial charge in [-0.3, -0.25) is 9.59 Å². The van der Waals surface area contributed by atoms with Crippen molar-refractivity contribution < 1.29 is 19.4 Å². The Morgan fingerprint density at radius 3 is 2.25 bits per heavy atom. The summed E-state index contributed by atoms with van der Waals surface area (Å²) in [6, 6.07) is 6.94. The monoisotopic (exact) mass is 348 g/mol. The van der Waals surface area contributed by atoms with Crippen LogP contribution in [0.15, 0.2) is 24.3 Å². The number of ketones is 1. The van der Waals surface area contributed by atoms with E-state index in [9.17, 15) is 14.7 Å². The highest BCUT2D eigenvalue weighted by atomic mass is 35.5. The Labute approximate surface area is 146 Å². The average Bonchev–Trinajstić information content (AvgIpc) is 2.52. The maximum Gasteiger partial charge on any atom is 0.309 e. The Bertz CT molecular complexity index is 667. The molecule has 1 aromatic rings. The minimum Gasteiger partial charge on any atom is -0.486 e. The first-order chi connectivity index (χ1) is 11.4. The minimum atomic E-state index is -0.715. The van der Waals surface area contributed by atoms with Gasteiger partial charge in [0.1, 0.15) is 12.4 Å². The molecule has 4 bridgehead atoms. The number of rotatable bonds is 5. The molecule has 0 aromatic heterocycles. The molecule has 0 spiro atoms. The maximum atomic E-state index is 13.0. The van der Waals surface area contributed by atoms with E-state index in [1.54, 1.807) is 24.3 Å². The van der Waals surface area contributed by atoms with Crippen LogP contribution in [0.25, 0.3) is 0 Å². The molecule has 1 aromatic carbocycles. The lowest BCUT2D eigenvalue weighted by Crippen LogP contribution is -2.58. The van der Waals surface area contributed by atoms with Crippen LogP contribution in [0.5, 0.6) is 5.75 Å². The van der Waals surface area contributed by atoms with Crippen LogP contribution in [0.4, 0.5) is 0 Å². The molecule has 1 N–H and O–H groups in total. The molecular weight excluding hydrogens is 328 g/mol. The molecule has 0 amide bonds. The normalized spacial score (nSPS) is 36.5. The van der Waals surface area contributed by atoms with Crippen LogP contribution in [0.1, 0.15) is 38.5 Å². The molecule has 2 unspecified atom stereocenters. The topological polar surface area (TPSA) is 63.6 Å². The standard InChI is InChI=1S/C19H21ClO4/c20-14-1-3-15(4-2-14)24-10-16(21)18-6-12-5-13(7-18)9-19(8-12,11-18)17(22)23/h1-4,12-13H,5-11H2,(H,22,23). The van der Waals surface area contributed by atoms with Gasteiger partial charge in [-0.15, -0.1) is 0 Å². The summed E-state index contributed by atoms with van der Waals surface area (Å²) in [6.07, 6.45) is 4.73. The number of hydrogen-bond donors (Lipinski definition) is 1. The molecule has 4 aliphatic carbocycles. The molecular formula is C19H21ClO4. The van der Waals surface area contributed by atoms with Gasteiger partial charge in [-0.05, 0) is 74.6 Å². The van der Waals surface area contributed by atoms with Crippen molar-refractivity contribution in [3.63, 3.8) is 0 Å². The van der Waals surface area contributed by atoms with E-state index in [1.807, 2.05) is 0 Å². The van der Waals surface area contributed by atoms with Gasteiger partial charge in [0.2, 0.25) is 0 Å². The first kappa shape index (κ1) is 15.9. The van der Waals surface area contributed by atoms with Gasteiger partial charge in [-0.2, -0.15) is 0 Å². The molecule has 0 radical (unpaired) electrons. The number of Topliss-reactive ketones (excluding diaryl/α,β-unsaturated/α-hetero) is 1. The Morgan fingerprint density at radius 2 is 1.67 bits per heavy atom. The maximum absolute atomic E-state index is 13.0. The van der Waals surface area contributed by atoms with E-state index in [4.69, 9.17) is 16.3 Å². The van der Waals surface area contributed by atoms with Gasteiger partial charge in [0.05, 0.1) is 5.41 Å². The van der Waals surface area contributed by atoms with E-state index >= 15 is 0 Å². The number of benzene rings is 1. The summed E-state index contributed by atoms with van der Waals surface area (Å²) in [7, 11) is 0. The lowest BCUT2D eigenvalue weighted by molar-refractivity contribution is -0.178. The number of carboxylic acid groups (broad SMARTS) is 1. The Balaban J connectivity index is 1.51. The zero-order valence-electron chi connectivity index (χ0n) is 13.5. The van der Waals surface area contributed by atoms with Crippen LogP contribution in [-0.2, 0) is 9.59 Å². The van der Waals surface area contributed by atoms with Crippen LogP contribution in [-0.4, -0.2) is 23.5 Å². The van der Waals surface area contributed by atoms with Gasteiger partial charge >= 0.3 is 5.97 Å². The summed E-state index contributed by atoms with van der Waals surface area (Å²) < 4.78 is 5.65. The number of halogens is 1. The van der Waals surface area contributed by atoms with E-state index in [0.29, 0.717) is 29.0 Å². The number of carbonyl (C=O) groups is 2. The highest BCUT2D eigenvalue weighted by molar-refractivity contribution is 6.30. The summed E-state index contributed by atoms with van der Waals surface area (Å²) in [5, 5.41) is 10.4. The zero-order chi connectivity index (χ0) is 16.9. The van der Waals surface area contributed by atoms with Gasteiger partial charge in [0.25, 0.3) is 0 Å². The van der Waals surface area contributed by atoms with Gasteiger partial charge in [-0.1, -0.05) is 11.6 Å². The van der Waals surface area contributed by atoms with E-state index in [-0.39, 0.29) is 12.4 Å². The lowest BCUT2D eigenvalue weighted by atomic mass is 9.43. The van der Waals surface area contributed by atoms with Gasteiger partial charge in [-0.25, -0.2) is 0 Å². The fraction of sp³-hybridized carbons (Fsp3) is 0.579. The van der Waals surface area contributed by atoms with Gasteiger partial charge < -0.3 is 9.84 Å². The van der Waals surface area contributed by atoms with Crippen molar-refractivity contribution in [2.45, 2.75) is 38.5 Å². The predicted octanol–water partition coefficient (Wildman–Crippen LogP) is 3.96. The summed E-state index contributed by atoms with van der Waals surface area (Å²) in [4.78, 5) is 24.8. The summed E-state index contributed by atoms with van der Waals surface area (Å²) >= 11 is 5.85. The minimum absolute atomic E-state index is 0.0107. The summed E-state index contributed by atoms with van der Waals surface area (Å²) in [5.74, 6) is 0.721. The summed E-state index contributed by atoms with van der Waals surface area (Å²) in [5.41, 5.74) is -1.17. The van der Waals surface area contributed by atoms with E-state index in [1.165, 1.54) is 0 Å². The summed E-state index contributed by atoms with van der Waals surface area (Å²) in [6.45, 7) is 0.0107. The molecule has 0 heterocycles. The van der Waals surface area contributed by atoms with Crippen molar-refractivity contribution in [3.8, 4) is 5.75 Å². The lowest BCUT2D eigenvalue weighted by Gasteiger charge is -2.59. The Morgan fingerprint density at radius 1 is 1.08 bits per heavy atom. The smallest absolute Gasteiger partial charge is 0.309 e. The molecule has 5 heteroatoms. The molecule has 0 aliphatic heterocycles. The Kier molecular flexibility index (Phi) is 3.64. The van der Waals surface area contributed by atoms with Crippen molar-refractivity contribution in [1.82, 2.24) is 0 Å². The highest BCUT2D eigenvalue weighted by Crippen LogP contribution is 2.65. The highest BCUT2D eigenvalue weighted by Gasteiger charge is 2.63. The zero-order valence-corrected chi connectivity index (χ0v) is 14.2. The van der Waals surface area contributed by atoms with Crippen molar-refractivity contribution in [2.24, 2.45) is 22.7 Å². The van der Waals surface area contributed by atoms with Crippen molar-refractivity contribution in [3.05, 3.63) is 29.3 Å². The number of carboxylic acids is 1. The molecule has 128 valence electrons. The molecule has 4 fully saturated rings. The molecule has 2 atom stereocenters. The predicted molar refractivity (Wildman–Crippen MR) is 89.1 cm³/mol. The average molecular weight is 349 g/mol. The molecule has 5 rings (SSSR count).